The summed E-state index contributed by atoms with van der Waals surface area (Å²) in [7, 11) is 0. The molecule has 0 spiro atoms. The number of likely N-dealkylation sites (tertiary alicyclic amines) is 1. The second kappa shape index (κ2) is 12.3. The molecule has 0 saturated carbocycles. The highest BCUT2D eigenvalue weighted by Gasteiger charge is 2.28. The topological polar surface area (TPSA) is 75.9 Å². The number of carbonyl (C=O) groups excluding carboxylic acids is 2. The van der Waals surface area contributed by atoms with Gasteiger partial charge in [-0.15, -0.1) is 0 Å². The molecule has 4 rings (SSSR count). The van der Waals surface area contributed by atoms with Crippen LogP contribution in [0.15, 0.2) is 59.6 Å². The molecular formula is C28H34N4O3. The van der Waals surface area contributed by atoms with Gasteiger partial charge in [-0.25, -0.2) is 5.48 Å². The van der Waals surface area contributed by atoms with Crippen molar-refractivity contribution in [3.8, 4) is 0 Å². The van der Waals surface area contributed by atoms with E-state index in [1.54, 1.807) is 6.21 Å². The molecule has 0 unspecified atom stereocenters. The number of aryl methyl sites for hydroxylation is 2. The summed E-state index contributed by atoms with van der Waals surface area (Å²) in [6, 6.07) is 18.9. The van der Waals surface area contributed by atoms with Gasteiger partial charge < -0.3 is 9.47 Å². The first-order valence-electron chi connectivity index (χ1n) is 12.5. The van der Waals surface area contributed by atoms with Gasteiger partial charge in [-0.3, -0.25) is 19.4 Å². The maximum absolute atomic E-state index is 13.0. The number of benzene rings is 2. The number of fused-ring (bicyclic) bond motifs is 1. The minimum Gasteiger partial charge on any atom is -0.345 e. The van der Waals surface area contributed by atoms with E-state index < -0.39 is 0 Å². The van der Waals surface area contributed by atoms with Crippen molar-refractivity contribution in [2.75, 3.05) is 13.2 Å². The Labute approximate surface area is 206 Å². The van der Waals surface area contributed by atoms with Gasteiger partial charge >= 0.3 is 0 Å². The van der Waals surface area contributed by atoms with Crippen LogP contribution in [0.3, 0.4) is 0 Å². The number of aliphatic imine (C=N–C) groups is 1. The van der Waals surface area contributed by atoms with Crippen LogP contribution in [0.2, 0.25) is 0 Å². The van der Waals surface area contributed by atoms with Gasteiger partial charge in [0.25, 0.3) is 0 Å². The van der Waals surface area contributed by atoms with E-state index in [0.717, 1.165) is 50.0 Å². The minimum atomic E-state index is 0.240. The highest BCUT2D eigenvalue weighted by Crippen LogP contribution is 2.28. The molecule has 2 aromatic carbocycles. The Balaban J connectivity index is 1.39. The van der Waals surface area contributed by atoms with E-state index >= 15 is 0 Å². The summed E-state index contributed by atoms with van der Waals surface area (Å²) in [4.78, 5) is 34.7. The molecule has 184 valence electrons. The Morgan fingerprint density at radius 2 is 2.06 bits per heavy atom. The van der Waals surface area contributed by atoms with Gasteiger partial charge in [-0.2, -0.15) is 0 Å². The Morgan fingerprint density at radius 3 is 2.86 bits per heavy atom. The van der Waals surface area contributed by atoms with Crippen molar-refractivity contribution in [2.45, 2.75) is 58.0 Å². The molecule has 7 nitrogen and oxygen atoms in total. The largest absolute Gasteiger partial charge is 0.345 e. The van der Waals surface area contributed by atoms with Crippen LogP contribution in [0.1, 0.15) is 43.9 Å². The summed E-state index contributed by atoms with van der Waals surface area (Å²) in [5.74, 6) is 0.240. The molecule has 1 fully saturated rings. The molecule has 0 bridgehead atoms. The van der Waals surface area contributed by atoms with E-state index in [-0.39, 0.29) is 5.91 Å². The number of hydrogen-bond acceptors (Lipinski definition) is 4. The van der Waals surface area contributed by atoms with Crippen molar-refractivity contribution in [1.82, 2.24) is 14.9 Å². The molecule has 0 aliphatic carbocycles. The highest BCUT2D eigenvalue weighted by atomic mass is 16.6. The molecule has 1 aromatic heterocycles. The normalized spacial score (nSPS) is 15.8. The smallest absolute Gasteiger partial charge is 0.230 e. The van der Waals surface area contributed by atoms with Crippen LogP contribution >= 0.6 is 0 Å². The number of carbonyl (C=O) groups is 2. The van der Waals surface area contributed by atoms with Crippen molar-refractivity contribution in [3.05, 3.63) is 65.9 Å². The monoisotopic (exact) mass is 474 g/mol. The SMILES string of the molecule is CCn1c(CC[C@@H]2CCCN2C(=O)Cc2ccccc2)cc2ccc(N=CCCONC=O)cc21. The predicted octanol–water partition coefficient (Wildman–Crippen LogP) is 4.60. The van der Waals surface area contributed by atoms with E-state index in [1.807, 2.05) is 36.4 Å². The average molecular weight is 475 g/mol. The average Bonchev–Trinajstić information content (AvgIpc) is 3.49. The van der Waals surface area contributed by atoms with Crippen molar-refractivity contribution < 1.29 is 14.4 Å². The van der Waals surface area contributed by atoms with Crippen LogP contribution in [0.4, 0.5) is 5.69 Å². The van der Waals surface area contributed by atoms with E-state index in [9.17, 15) is 9.59 Å². The molecule has 1 N–H and O–H groups in total. The van der Waals surface area contributed by atoms with E-state index in [1.165, 1.54) is 16.6 Å². The third-order valence-corrected chi connectivity index (χ3v) is 6.64. The Hall–Kier alpha value is -3.45. The Kier molecular flexibility index (Phi) is 8.68. The number of aromatic nitrogens is 1. The van der Waals surface area contributed by atoms with Gasteiger partial charge in [0.1, 0.15) is 0 Å². The maximum atomic E-state index is 13.0. The highest BCUT2D eigenvalue weighted by molar-refractivity contribution is 5.85. The third kappa shape index (κ3) is 6.36. The van der Waals surface area contributed by atoms with Gasteiger partial charge in [0.2, 0.25) is 12.3 Å². The first kappa shape index (κ1) is 24.7. The lowest BCUT2D eigenvalue weighted by atomic mass is 10.1. The summed E-state index contributed by atoms with van der Waals surface area (Å²) < 4.78 is 2.36. The van der Waals surface area contributed by atoms with Gasteiger partial charge in [-0.05, 0) is 56.4 Å². The maximum Gasteiger partial charge on any atom is 0.230 e. The zero-order chi connectivity index (χ0) is 24.5. The van der Waals surface area contributed by atoms with Gasteiger partial charge in [0.05, 0.1) is 24.2 Å². The molecule has 2 amide bonds. The second-order valence-electron chi connectivity index (χ2n) is 8.89. The molecule has 2 heterocycles. The van der Waals surface area contributed by atoms with Crippen molar-refractivity contribution >= 4 is 35.1 Å². The number of hydrogen-bond donors (Lipinski definition) is 1. The Morgan fingerprint density at radius 1 is 1.20 bits per heavy atom. The molecule has 0 radical (unpaired) electrons. The fourth-order valence-electron chi connectivity index (χ4n) is 4.99. The lowest BCUT2D eigenvalue weighted by Gasteiger charge is -2.25. The number of rotatable bonds is 12. The van der Waals surface area contributed by atoms with Crippen LogP contribution < -0.4 is 5.48 Å². The number of nitrogens with zero attached hydrogens (tertiary/aromatic N) is 3. The Bertz CT molecular complexity index is 1160. The number of hydroxylamine groups is 1. The van der Waals surface area contributed by atoms with Crippen molar-refractivity contribution in [3.63, 3.8) is 0 Å². The first-order valence-corrected chi connectivity index (χ1v) is 12.5. The quantitative estimate of drug-likeness (QED) is 0.180. The zero-order valence-electron chi connectivity index (χ0n) is 20.4. The molecule has 1 aliphatic rings. The summed E-state index contributed by atoms with van der Waals surface area (Å²) in [6.07, 6.45) is 7.49. The van der Waals surface area contributed by atoms with Crippen LogP contribution in [-0.2, 0) is 33.8 Å². The van der Waals surface area contributed by atoms with E-state index in [2.05, 4.69) is 45.1 Å². The van der Waals surface area contributed by atoms with Gasteiger partial charge in [0, 0.05) is 42.8 Å². The van der Waals surface area contributed by atoms with Crippen LogP contribution in [0.5, 0.6) is 0 Å². The van der Waals surface area contributed by atoms with Crippen LogP contribution in [0, 0.1) is 0 Å². The lowest BCUT2D eigenvalue weighted by Crippen LogP contribution is -2.36. The minimum absolute atomic E-state index is 0.240. The molecule has 1 aliphatic heterocycles. The summed E-state index contributed by atoms with van der Waals surface area (Å²) in [5, 5.41) is 1.21. The molecule has 1 atom stereocenters. The van der Waals surface area contributed by atoms with E-state index in [0.29, 0.717) is 31.9 Å². The zero-order valence-corrected chi connectivity index (χ0v) is 20.4. The van der Waals surface area contributed by atoms with Crippen LogP contribution in [0.25, 0.3) is 10.9 Å². The van der Waals surface area contributed by atoms with E-state index in [4.69, 9.17) is 4.84 Å². The molecule has 35 heavy (non-hydrogen) atoms. The summed E-state index contributed by atoms with van der Waals surface area (Å²) in [6.45, 7) is 4.30. The van der Waals surface area contributed by atoms with Crippen molar-refractivity contribution in [1.29, 1.82) is 0 Å². The van der Waals surface area contributed by atoms with Crippen molar-refractivity contribution in [2.24, 2.45) is 4.99 Å². The second-order valence-corrected chi connectivity index (χ2v) is 8.89. The fourth-order valence-corrected chi connectivity index (χ4v) is 4.99. The lowest BCUT2D eigenvalue weighted by molar-refractivity contribution is -0.131. The molecule has 1 saturated heterocycles. The van der Waals surface area contributed by atoms with Gasteiger partial charge in [-0.1, -0.05) is 36.4 Å². The molecule has 3 aromatic rings. The first-order chi connectivity index (χ1) is 17.2. The number of nitrogens with one attached hydrogen (secondary N) is 1. The fraction of sp³-hybridized carbons (Fsp3) is 0.393. The summed E-state index contributed by atoms with van der Waals surface area (Å²) in [5.41, 5.74) is 6.64. The third-order valence-electron chi connectivity index (χ3n) is 6.64. The number of amides is 2. The van der Waals surface area contributed by atoms with Crippen LogP contribution in [-0.4, -0.2) is 47.2 Å². The predicted molar refractivity (Wildman–Crippen MR) is 139 cm³/mol. The standard InChI is InChI=1S/C28H34N4O3/c1-2-31-26(19-23-11-12-24(20-27(23)31)29-15-7-17-35-30-21-33)14-13-25-10-6-16-32(25)28(34)18-22-8-4-3-5-9-22/h3-5,8-9,11-12,15,19-21,25H,2,6-7,10,13-14,16-18H2,1H3,(H,30,33)/t25-/m0/s1. The molecular weight excluding hydrogens is 440 g/mol. The van der Waals surface area contributed by atoms with Gasteiger partial charge in [0.15, 0.2) is 0 Å². The molecule has 7 heteroatoms. The summed E-state index contributed by atoms with van der Waals surface area (Å²) >= 11 is 0.